The number of carboxylic acids is 1. The molecule has 0 amide bonds. The molecule has 0 aliphatic carbocycles. The molecular weight excluding hydrogens is 146 g/mol. The standard InChI is InChI=1S/C7H13NO3/c1-4(2)7(8,6(9)10)5-3-11-5/h4-5H,3,8H2,1-2H3,(H,9,10)/t5?,7-/m1/s1. The van der Waals surface area contributed by atoms with Crippen LogP contribution in [-0.4, -0.2) is 29.3 Å². The second-order valence-corrected chi connectivity index (χ2v) is 3.21. The zero-order chi connectivity index (χ0) is 8.65. The smallest absolute Gasteiger partial charge is 0.326 e. The fourth-order valence-electron chi connectivity index (χ4n) is 1.08. The van der Waals surface area contributed by atoms with E-state index in [-0.39, 0.29) is 12.0 Å². The molecule has 4 nitrogen and oxygen atoms in total. The lowest BCUT2D eigenvalue weighted by molar-refractivity contribution is -0.146. The van der Waals surface area contributed by atoms with Crippen molar-refractivity contribution in [1.29, 1.82) is 0 Å². The number of carbonyl (C=O) groups is 1. The molecule has 1 rings (SSSR count). The van der Waals surface area contributed by atoms with Crippen LogP contribution in [-0.2, 0) is 9.53 Å². The van der Waals surface area contributed by atoms with E-state index >= 15 is 0 Å². The summed E-state index contributed by atoms with van der Waals surface area (Å²) in [4.78, 5) is 10.7. The van der Waals surface area contributed by atoms with Gasteiger partial charge in [0.1, 0.15) is 11.6 Å². The summed E-state index contributed by atoms with van der Waals surface area (Å²) in [5.74, 6) is -1.08. The maximum Gasteiger partial charge on any atom is 0.326 e. The third kappa shape index (κ3) is 1.23. The number of epoxide rings is 1. The maximum atomic E-state index is 10.7. The van der Waals surface area contributed by atoms with Gasteiger partial charge in [-0.05, 0) is 5.92 Å². The van der Waals surface area contributed by atoms with Gasteiger partial charge in [-0.3, -0.25) is 4.79 Å². The lowest BCUT2D eigenvalue weighted by Gasteiger charge is -2.26. The summed E-state index contributed by atoms with van der Waals surface area (Å²) in [7, 11) is 0. The van der Waals surface area contributed by atoms with Crippen LogP contribution in [0.2, 0.25) is 0 Å². The predicted molar refractivity (Wildman–Crippen MR) is 39.1 cm³/mol. The van der Waals surface area contributed by atoms with Gasteiger partial charge in [0.2, 0.25) is 0 Å². The van der Waals surface area contributed by atoms with Crippen molar-refractivity contribution in [2.75, 3.05) is 6.61 Å². The lowest BCUT2D eigenvalue weighted by atomic mass is 9.84. The summed E-state index contributed by atoms with van der Waals surface area (Å²) in [6.45, 7) is 4.05. The van der Waals surface area contributed by atoms with Gasteiger partial charge in [-0.1, -0.05) is 13.8 Å². The summed E-state index contributed by atoms with van der Waals surface area (Å²) in [6, 6.07) is 0. The van der Waals surface area contributed by atoms with E-state index < -0.39 is 11.5 Å². The largest absolute Gasteiger partial charge is 0.480 e. The van der Waals surface area contributed by atoms with Gasteiger partial charge in [-0.15, -0.1) is 0 Å². The molecule has 1 fully saturated rings. The van der Waals surface area contributed by atoms with Crippen molar-refractivity contribution in [3.8, 4) is 0 Å². The fourth-order valence-corrected chi connectivity index (χ4v) is 1.08. The Bertz CT molecular complexity index is 173. The van der Waals surface area contributed by atoms with Crippen LogP contribution < -0.4 is 5.73 Å². The first-order valence-corrected chi connectivity index (χ1v) is 3.63. The van der Waals surface area contributed by atoms with E-state index in [2.05, 4.69) is 0 Å². The quantitative estimate of drug-likeness (QED) is 0.560. The van der Waals surface area contributed by atoms with Gasteiger partial charge >= 0.3 is 5.97 Å². The number of rotatable bonds is 3. The molecule has 0 aromatic carbocycles. The third-order valence-corrected chi connectivity index (χ3v) is 2.19. The van der Waals surface area contributed by atoms with Crippen molar-refractivity contribution in [2.24, 2.45) is 11.7 Å². The average molecular weight is 159 g/mol. The molecule has 0 aromatic heterocycles. The van der Waals surface area contributed by atoms with Crippen molar-refractivity contribution >= 4 is 5.97 Å². The highest BCUT2D eigenvalue weighted by atomic mass is 16.6. The molecule has 1 aliphatic rings. The second kappa shape index (κ2) is 2.46. The van der Waals surface area contributed by atoms with Gasteiger partial charge in [0.05, 0.1) is 6.61 Å². The van der Waals surface area contributed by atoms with Crippen LogP contribution in [0.3, 0.4) is 0 Å². The molecule has 1 aliphatic heterocycles. The zero-order valence-corrected chi connectivity index (χ0v) is 6.70. The van der Waals surface area contributed by atoms with E-state index in [1.165, 1.54) is 0 Å². The zero-order valence-electron chi connectivity index (χ0n) is 6.70. The van der Waals surface area contributed by atoms with Gasteiger partial charge in [0.15, 0.2) is 0 Å². The summed E-state index contributed by atoms with van der Waals surface area (Å²) < 4.78 is 4.89. The predicted octanol–water partition coefficient (Wildman–Crippen LogP) is -0.177. The number of ether oxygens (including phenoxy) is 1. The Labute approximate surface area is 65.3 Å². The minimum Gasteiger partial charge on any atom is -0.480 e. The SMILES string of the molecule is CC(C)[C@](N)(C(=O)O)C1CO1. The Balaban J connectivity index is 2.77. The van der Waals surface area contributed by atoms with Crippen LogP contribution in [0.1, 0.15) is 13.8 Å². The summed E-state index contributed by atoms with van der Waals surface area (Å²) in [5.41, 5.74) is 4.47. The number of nitrogens with two attached hydrogens (primary N) is 1. The van der Waals surface area contributed by atoms with Crippen molar-refractivity contribution in [3.63, 3.8) is 0 Å². The summed E-state index contributed by atoms with van der Waals surface area (Å²) in [6.07, 6.45) is -0.292. The summed E-state index contributed by atoms with van der Waals surface area (Å²) in [5, 5.41) is 8.81. The van der Waals surface area contributed by atoms with Crippen LogP contribution in [0, 0.1) is 5.92 Å². The molecule has 0 spiro atoms. The molecule has 1 heterocycles. The number of hydrogen-bond acceptors (Lipinski definition) is 3. The Morgan fingerprint density at radius 2 is 2.27 bits per heavy atom. The maximum absolute atomic E-state index is 10.7. The van der Waals surface area contributed by atoms with Crippen molar-refractivity contribution in [3.05, 3.63) is 0 Å². The molecule has 4 heteroatoms. The molecule has 2 atom stereocenters. The Morgan fingerprint density at radius 3 is 2.36 bits per heavy atom. The van der Waals surface area contributed by atoms with E-state index in [1.54, 1.807) is 13.8 Å². The van der Waals surface area contributed by atoms with E-state index in [1.807, 2.05) is 0 Å². The number of carboxylic acid groups (broad SMARTS) is 1. The van der Waals surface area contributed by atoms with Crippen molar-refractivity contribution in [2.45, 2.75) is 25.5 Å². The molecule has 0 radical (unpaired) electrons. The summed E-state index contributed by atoms with van der Waals surface area (Å²) >= 11 is 0. The molecule has 1 unspecified atom stereocenters. The molecule has 0 saturated carbocycles. The highest BCUT2D eigenvalue weighted by molar-refractivity contribution is 5.80. The third-order valence-electron chi connectivity index (χ3n) is 2.19. The number of hydrogen-bond donors (Lipinski definition) is 2. The molecule has 1 saturated heterocycles. The lowest BCUT2D eigenvalue weighted by Crippen LogP contribution is -2.57. The van der Waals surface area contributed by atoms with E-state index in [0.29, 0.717) is 6.61 Å². The van der Waals surface area contributed by atoms with E-state index in [4.69, 9.17) is 15.6 Å². The molecular formula is C7H13NO3. The molecule has 0 aromatic rings. The Morgan fingerprint density at radius 1 is 1.82 bits per heavy atom. The van der Waals surface area contributed by atoms with Gasteiger partial charge in [-0.25, -0.2) is 0 Å². The first kappa shape index (κ1) is 8.49. The van der Waals surface area contributed by atoms with Crippen LogP contribution in [0.4, 0.5) is 0 Å². The topological polar surface area (TPSA) is 75.9 Å². The van der Waals surface area contributed by atoms with Crippen LogP contribution >= 0.6 is 0 Å². The monoisotopic (exact) mass is 159 g/mol. The van der Waals surface area contributed by atoms with Crippen LogP contribution in [0.15, 0.2) is 0 Å². The van der Waals surface area contributed by atoms with Crippen molar-refractivity contribution < 1.29 is 14.6 Å². The fraction of sp³-hybridized carbons (Fsp3) is 0.857. The number of aliphatic carboxylic acids is 1. The Kier molecular flexibility index (Phi) is 1.90. The van der Waals surface area contributed by atoms with Crippen LogP contribution in [0.25, 0.3) is 0 Å². The molecule has 11 heavy (non-hydrogen) atoms. The van der Waals surface area contributed by atoms with Crippen molar-refractivity contribution in [1.82, 2.24) is 0 Å². The molecule has 64 valence electrons. The normalized spacial score (nSPS) is 28.2. The highest BCUT2D eigenvalue weighted by Crippen LogP contribution is 2.29. The first-order valence-electron chi connectivity index (χ1n) is 3.63. The first-order chi connectivity index (χ1) is 4.99. The van der Waals surface area contributed by atoms with Gasteiger partial charge < -0.3 is 15.6 Å². The van der Waals surface area contributed by atoms with Gasteiger partial charge in [-0.2, -0.15) is 0 Å². The molecule has 3 N–H and O–H groups in total. The van der Waals surface area contributed by atoms with E-state index in [0.717, 1.165) is 0 Å². The van der Waals surface area contributed by atoms with Gasteiger partial charge in [0, 0.05) is 0 Å². The molecule has 0 bridgehead atoms. The van der Waals surface area contributed by atoms with Crippen LogP contribution in [0.5, 0.6) is 0 Å². The highest BCUT2D eigenvalue weighted by Gasteiger charge is 2.52. The minimum atomic E-state index is -1.19. The second-order valence-electron chi connectivity index (χ2n) is 3.21. The van der Waals surface area contributed by atoms with E-state index in [9.17, 15) is 4.79 Å². The minimum absolute atomic E-state index is 0.104. The average Bonchev–Trinajstić information content (AvgIpc) is 2.66. The Hall–Kier alpha value is -0.610. The van der Waals surface area contributed by atoms with Gasteiger partial charge in [0.25, 0.3) is 0 Å².